The van der Waals surface area contributed by atoms with Crippen molar-refractivity contribution in [2.75, 3.05) is 0 Å². The summed E-state index contributed by atoms with van der Waals surface area (Å²) in [6.07, 6.45) is 1.40. The van der Waals surface area contributed by atoms with Crippen LogP contribution in [-0.2, 0) is 10.8 Å². The third-order valence-electron chi connectivity index (χ3n) is 7.14. The van der Waals surface area contributed by atoms with Crippen LogP contribution in [0.4, 0.5) is 0 Å². The highest BCUT2D eigenvalue weighted by Crippen LogP contribution is 2.46. The molecule has 0 amide bonds. The summed E-state index contributed by atoms with van der Waals surface area (Å²) in [5, 5.41) is 40.4. The topological polar surface area (TPSA) is 80.9 Å². The van der Waals surface area contributed by atoms with Crippen LogP contribution in [0, 0.1) is 0 Å². The van der Waals surface area contributed by atoms with Crippen molar-refractivity contribution in [3.63, 3.8) is 0 Å². The Morgan fingerprint density at radius 3 is 1.24 bits per heavy atom. The van der Waals surface area contributed by atoms with Gasteiger partial charge in [-0.1, -0.05) is 68.4 Å². The maximum atomic E-state index is 10.8. The van der Waals surface area contributed by atoms with E-state index in [9.17, 15) is 20.4 Å². The van der Waals surface area contributed by atoms with E-state index in [4.69, 9.17) is 0 Å². The number of para-hydroxylation sites is 1. The molecule has 0 heterocycles. The third-order valence-corrected chi connectivity index (χ3v) is 7.14. The summed E-state index contributed by atoms with van der Waals surface area (Å²) in [6, 6.07) is 29.0. The van der Waals surface area contributed by atoms with Crippen LogP contribution in [0.5, 0.6) is 23.0 Å². The van der Waals surface area contributed by atoms with Gasteiger partial charge in [-0.2, -0.15) is 0 Å². The van der Waals surface area contributed by atoms with Gasteiger partial charge in [-0.05, 0) is 72.0 Å². The molecule has 4 nitrogen and oxygen atoms in total. The second-order valence-corrected chi connectivity index (χ2v) is 9.32. The van der Waals surface area contributed by atoms with Crippen molar-refractivity contribution in [3.05, 3.63) is 119 Å². The lowest BCUT2D eigenvalue weighted by Gasteiger charge is -2.38. The number of phenolic OH excluding ortho intramolecular Hbond substituents is 4. The molecule has 34 heavy (non-hydrogen) atoms. The quantitative estimate of drug-likeness (QED) is 0.254. The van der Waals surface area contributed by atoms with Gasteiger partial charge in [-0.3, -0.25) is 0 Å². The number of hydrogen-bond donors (Lipinski definition) is 4. The summed E-state index contributed by atoms with van der Waals surface area (Å²) in [5.41, 5.74) is 2.94. The molecule has 4 aromatic carbocycles. The van der Waals surface area contributed by atoms with Crippen LogP contribution >= 0.6 is 0 Å². The maximum Gasteiger partial charge on any atom is 0.119 e. The summed E-state index contributed by atoms with van der Waals surface area (Å²) in [6.45, 7) is 4.27. The zero-order valence-corrected chi connectivity index (χ0v) is 19.4. The van der Waals surface area contributed by atoms with E-state index in [2.05, 4.69) is 13.8 Å². The summed E-state index contributed by atoms with van der Waals surface area (Å²) in [7, 11) is 0. The van der Waals surface area contributed by atoms with E-state index in [1.54, 1.807) is 42.5 Å². The minimum atomic E-state index is -0.534. The highest BCUT2D eigenvalue weighted by atomic mass is 16.3. The van der Waals surface area contributed by atoms with E-state index < -0.39 is 10.8 Å². The average Bonchev–Trinajstić information content (AvgIpc) is 2.84. The molecule has 0 aliphatic heterocycles. The van der Waals surface area contributed by atoms with Crippen LogP contribution < -0.4 is 0 Å². The van der Waals surface area contributed by atoms with E-state index in [1.165, 1.54) is 0 Å². The molecule has 0 aliphatic rings. The van der Waals surface area contributed by atoms with E-state index in [0.29, 0.717) is 12.8 Å². The van der Waals surface area contributed by atoms with Gasteiger partial charge in [0.2, 0.25) is 0 Å². The number of benzene rings is 4. The first kappa shape index (κ1) is 23.2. The number of rotatable bonds is 7. The number of hydrogen-bond acceptors (Lipinski definition) is 4. The molecule has 174 valence electrons. The van der Waals surface area contributed by atoms with Gasteiger partial charge in [0.15, 0.2) is 0 Å². The first-order chi connectivity index (χ1) is 16.2. The number of phenols is 4. The van der Waals surface area contributed by atoms with Crippen molar-refractivity contribution in [2.24, 2.45) is 0 Å². The lowest BCUT2D eigenvalue weighted by molar-refractivity contribution is 0.391. The fourth-order valence-corrected chi connectivity index (χ4v) is 4.82. The Balaban J connectivity index is 1.80. The van der Waals surface area contributed by atoms with Crippen molar-refractivity contribution in [1.29, 1.82) is 0 Å². The van der Waals surface area contributed by atoms with Gasteiger partial charge >= 0.3 is 0 Å². The molecular formula is C30H30O4. The Hall–Kier alpha value is -3.92. The van der Waals surface area contributed by atoms with Crippen LogP contribution in [0.3, 0.4) is 0 Å². The maximum absolute atomic E-state index is 10.8. The summed E-state index contributed by atoms with van der Waals surface area (Å²) >= 11 is 0. The molecule has 0 saturated heterocycles. The fraction of sp³-hybridized carbons (Fsp3) is 0.200. The smallest absolute Gasteiger partial charge is 0.119 e. The lowest BCUT2D eigenvalue weighted by atomic mass is 9.66. The molecule has 0 fully saturated rings. The van der Waals surface area contributed by atoms with E-state index in [1.807, 2.05) is 54.6 Å². The Morgan fingerprint density at radius 1 is 0.471 bits per heavy atom. The molecule has 1 unspecified atom stereocenters. The molecule has 1 atom stereocenters. The lowest BCUT2D eigenvalue weighted by Crippen LogP contribution is -2.30. The Bertz CT molecular complexity index is 1200. The van der Waals surface area contributed by atoms with Gasteiger partial charge in [-0.15, -0.1) is 0 Å². The molecule has 0 aliphatic carbocycles. The summed E-state index contributed by atoms with van der Waals surface area (Å²) in [5.74, 6) is 0.843. The first-order valence-electron chi connectivity index (χ1n) is 11.4. The monoisotopic (exact) mass is 454 g/mol. The Labute approximate surface area is 200 Å². The van der Waals surface area contributed by atoms with E-state index in [-0.39, 0.29) is 23.0 Å². The van der Waals surface area contributed by atoms with Gasteiger partial charge in [0.05, 0.1) is 0 Å². The second-order valence-electron chi connectivity index (χ2n) is 9.32. The molecule has 4 aromatic rings. The standard InChI is InChI=1S/C30H30O4/c1-29(21-7-13-24(31)14-8-21,22-9-15-25(32)16-10-22)19-20-30(2,23-11-17-26(33)18-12-23)27-5-3-4-6-28(27)34/h3-18,31-34H,19-20H2,1-2H3. The highest BCUT2D eigenvalue weighted by molar-refractivity contribution is 5.48. The van der Waals surface area contributed by atoms with Crippen LogP contribution in [0.1, 0.15) is 48.9 Å². The second kappa shape index (κ2) is 9.14. The molecule has 4 heteroatoms. The van der Waals surface area contributed by atoms with Crippen LogP contribution in [-0.4, -0.2) is 20.4 Å². The Morgan fingerprint density at radius 2 is 0.824 bits per heavy atom. The van der Waals surface area contributed by atoms with Gasteiger partial charge in [0.25, 0.3) is 0 Å². The normalized spacial score (nSPS) is 13.4. The molecule has 4 rings (SSSR count). The fourth-order valence-electron chi connectivity index (χ4n) is 4.82. The predicted octanol–water partition coefficient (Wildman–Crippen LogP) is 6.60. The van der Waals surface area contributed by atoms with Crippen molar-refractivity contribution < 1.29 is 20.4 Å². The SMILES string of the molecule is CC(CCC(C)(c1ccc(O)cc1)c1ccccc1O)(c1ccc(O)cc1)c1ccc(O)cc1. The van der Waals surface area contributed by atoms with Crippen LogP contribution in [0.2, 0.25) is 0 Å². The van der Waals surface area contributed by atoms with Gasteiger partial charge in [-0.25, -0.2) is 0 Å². The predicted molar refractivity (Wildman–Crippen MR) is 135 cm³/mol. The van der Waals surface area contributed by atoms with E-state index in [0.717, 1.165) is 22.3 Å². The molecule has 0 aromatic heterocycles. The molecule has 0 radical (unpaired) electrons. The summed E-state index contributed by atoms with van der Waals surface area (Å²) < 4.78 is 0. The van der Waals surface area contributed by atoms with Gasteiger partial charge in [0, 0.05) is 16.4 Å². The zero-order chi connectivity index (χ0) is 24.3. The molecule has 0 spiro atoms. The van der Waals surface area contributed by atoms with E-state index >= 15 is 0 Å². The van der Waals surface area contributed by atoms with Gasteiger partial charge < -0.3 is 20.4 Å². The molecular weight excluding hydrogens is 424 g/mol. The summed E-state index contributed by atoms with van der Waals surface area (Å²) in [4.78, 5) is 0. The number of aromatic hydroxyl groups is 4. The average molecular weight is 455 g/mol. The van der Waals surface area contributed by atoms with Crippen LogP contribution in [0.15, 0.2) is 97.1 Å². The highest BCUT2D eigenvalue weighted by Gasteiger charge is 2.36. The van der Waals surface area contributed by atoms with Crippen molar-refractivity contribution in [1.82, 2.24) is 0 Å². The minimum absolute atomic E-state index is 0.196. The third kappa shape index (κ3) is 4.44. The largest absolute Gasteiger partial charge is 0.508 e. The first-order valence-corrected chi connectivity index (χ1v) is 11.4. The van der Waals surface area contributed by atoms with Crippen molar-refractivity contribution in [2.45, 2.75) is 37.5 Å². The van der Waals surface area contributed by atoms with Crippen molar-refractivity contribution >= 4 is 0 Å². The Kier molecular flexibility index (Phi) is 6.25. The minimum Gasteiger partial charge on any atom is -0.508 e. The molecule has 4 N–H and O–H groups in total. The van der Waals surface area contributed by atoms with Crippen molar-refractivity contribution in [3.8, 4) is 23.0 Å². The molecule has 0 bridgehead atoms. The van der Waals surface area contributed by atoms with Crippen LogP contribution in [0.25, 0.3) is 0 Å². The molecule has 0 saturated carbocycles. The van der Waals surface area contributed by atoms with Gasteiger partial charge in [0.1, 0.15) is 23.0 Å². The zero-order valence-electron chi connectivity index (χ0n) is 19.4.